The lowest BCUT2D eigenvalue weighted by molar-refractivity contribution is 0.303. The van der Waals surface area contributed by atoms with E-state index in [9.17, 15) is 0 Å². The predicted octanol–water partition coefficient (Wildman–Crippen LogP) is 0.137. The lowest BCUT2D eigenvalue weighted by atomic mass is 10.5. The molecule has 0 fully saturated rings. The van der Waals surface area contributed by atoms with Gasteiger partial charge in [0.2, 0.25) is 5.88 Å². The zero-order chi connectivity index (χ0) is 7.23. The first kappa shape index (κ1) is 7.08. The van der Waals surface area contributed by atoms with Crippen LogP contribution < -0.4 is 10.5 Å². The minimum Gasteiger partial charge on any atom is -0.478 e. The summed E-state index contributed by atoms with van der Waals surface area (Å²) in [5.41, 5.74) is 5.26. The molecule has 0 unspecified atom stereocenters. The van der Waals surface area contributed by atoms with Crippen molar-refractivity contribution >= 4 is 0 Å². The summed E-state index contributed by atoms with van der Waals surface area (Å²) in [6.07, 6.45) is 4.09. The number of aromatic amines is 1. The lowest BCUT2D eigenvalue weighted by Gasteiger charge is -1.99. The average molecular weight is 141 g/mol. The van der Waals surface area contributed by atoms with E-state index in [0.717, 1.165) is 6.42 Å². The van der Waals surface area contributed by atoms with E-state index in [1.807, 2.05) is 0 Å². The van der Waals surface area contributed by atoms with Crippen molar-refractivity contribution in [2.75, 3.05) is 13.2 Å². The number of rotatable bonds is 4. The molecule has 0 aliphatic rings. The molecule has 56 valence electrons. The van der Waals surface area contributed by atoms with E-state index in [2.05, 4.69) is 9.97 Å². The second kappa shape index (κ2) is 3.90. The number of aromatic nitrogens is 2. The Morgan fingerprint density at radius 1 is 1.70 bits per heavy atom. The van der Waals surface area contributed by atoms with E-state index in [4.69, 9.17) is 10.5 Å². The molecule has 0 saturated heterocycles. The van der Waals surface area contributed by atoms with Crippen molar-refractivity contribution in [2.45, 2.75) is 6.42 Å². The van der Waals surface area contributed by atoms with Crippen LogP contribution in [0.2, 0.25) is 0 Å². The Morgan fingerprint density at radius 3 is 3.20 bits per heavy atom. The third-order valence-corrected chi connectivity index (χ3v) is 1.08. The quantitative estimate of drug-likeness (QED) is 0.586. The molecule has 10 heavy (non-hydrogen) atoms. The summed E-state index contributed by atoms with van der Waals surface area (Å²) in [5.74, 6) is 0.702. The zero-order valence-electron chi connectivity index (χ0n) is 5.71. The summed E-state index contributed by atoms with van der Waals surface area (Å²) in [6.45, 7) is 1.31. The monoisotopic (exact) mass is 141 g/mol. The number of ether oxygens (including phenoxy) is 1. The van der Waals surface area contributed by atoms with Crippen LogP contribution in [0.15, 0.2) is 12.5 Å². The Morgan fingerprint density at radius 2 is 2.60 bits per heavy atom. The third kappa shape index (κ3) is 2.06. The van der Waals surface area contributed by atoms with Gasteiger partial charge in [-0.2, -0.15) is 0 Å². The highest BCUT2D eigenvalue weighted by atomic mass is 16.5. The Labute approximate surface area is 59.4 Å². The first-order valence-corrected chi connectivity index (χ1v) is 3.24. The minimum atomic E-state index is 0.651. The average Bonchev–Trinajstić information content (AvgIpc) is 2.41. The van der Waals surface area contributed by atoms with E-state index in [0.29, 0.717) is 19.0 Å². The standard InChI is InChI=1S/C6H11N3O/c7-2-1-3-10-6-4-8-5-9-6/h4-5H,1-3,7H2,(H,8,9). The normalized spacial score (nSPS) is 9.70. The third-order valence-electron chi connectivity index (χ3n) is 1.08. The van der Waals surface area contributed by atoms with Gasteiger partial charge in [-0.05, 0) is 13.0 Å². The number of hydrogen-bond donors (Lipinski definition) is 2. The molecule has 0 saturated carbocycles. The van der Waals surface area contributed by atoms with Crippen molar-refractivity contribution < 1.29 is 4.74 Å². The second-order valence-corrected chi connectivity index (χ2v) is 1.91. The van der Waals surface area contributed by atoms with Gasteiger partial charge in [0.1, 0.15) is 0 Å². The minimum absolute atomic E-state index is 0.651. The molecular formula is C6H11N3O. The van der Waals surface area contributed by atoms with Crippen LogP contribution in [-0.2, 0) is 0 Å². The summed E-state index contributed by atoms with van der Waals surface area (Å²) in [5, 5.41) is 0. The van der Waals surface area contributed by atoms with Crippen molar-refractivity contribution in [3.8, 4) is 5.88 Å². The highest BCUT2D eigenvalue weighted by Crippen LogP contribution is 2.00. The fourth-order valence-electron chi connectivity index (χ4n) is 0.588. The molecule has 0 radical (unpaired) electrons. The van der Waals surface area contributed by atoms with Crippen molar-refractivity contribution in [3.63, 3.8) is 0 Å². The Kier molecular flexibility index (Phi) is 2.76. The molecular weight excluding hydrogens is 130 g/mol. The Hall–Kier alpha value is -1.03. The molecule has 0 amide bonds. The van der Waals surface area contributed by atoms with Gasteiger partial charge in [-0.25, -0.2) is 4.98 Å². The van der Waals surface area contributed by atoms with E-state index in [1.165, 1.54) is 0 Å². The van der Waals surface area contributed by atoms with Gasteiger partial charge >= 0.3 is 0 Å². The van der Waals surface area contributed by atoms with Gasteiger partial charge in [-0.1, -0.05) is 0 Å². The molecule has 0 aliphatic heterocycles. The van der Waals surface area contributed by atoms with E-state index >= 15 is 0 Å². The van der Waals surface area contributed by atoms with Crippen LogP contribution in [0.25, 0.3) is 0 Å². The molecule has 0 aromatic carbocycles. The summed E-state index contributed by atoms with van der Waals surface area (Å²) in [7, 11) is 0. The summed E-state index contributed by atoms with van der Waals surface area (Å²) in [6, 6.07) is 0. The largest absolute Gasteiger partial charge is 0.478 e. The van der Waals surface area contributed by atoms with Crippen LogP contribution in [-0.4, -0.2) is 23.1 Å². The summed E-state index contributed by atoms with van der Waals surface area (Å²) >= 11 is 0. The maximum absolute atomic E-state index is 5.26. The number of hydrogen-bond acceptors (Lipinski definition) is 3. The van der Waals surface area contributed by atoms with Crippen LogP contribution in [0.3, 0.4) is 0 Å². The Bertz CT molecular complexity index is 162. The molecule has 0 aliphatic carbocycles. The topological polar surface area (TPSA) is 63.9 Å². The van der Waals surface area contributed by atoms with Crippen LogP contribution in [0.1, 0.15) is 6.42 Å². The van der Waals surface area contributed by atoms with Gasteiger partial charge in [-0.15, -0.1) is 0 Å². The van der Waals surface area contributed by atoms with Gasteiger partial charge in [0.25, 0.3) is 0 Å². The Balaban J connectivity index is 2.15. The number of nitrogens with two attached hydrogens (primary N) is 1. The first-order valence-electron chi connectivity index (χ1n) is 3.24. The van der Waals surface area contributed by atoms with E-state index in [-0.39, 0.29) is 0 Å². The van der Waals surface area contributed by atoms with Crippen LogP contribution in [0, 0.1) is 0 Å². The summed E-state index contributed by atoms with van der Waals surface area (Å²) in [4.78, 5) is 6.61. The molecule has 0 bridgehead atoms. The number of nitrogens with zero attached hydrogens (tertiary/aromatic N) is 1. The van der Waals surface area contributed by atoms with Gasteiger partial charge in [0.15, 0.2) is 0 Å². The van der Waals surface area contributed by atoms with E-state index < -0.39 is 0 Å². The van der Waals surface area contributed by atoms with Gasteiger partial charge in [0, 0.05) is 0 Å². The smallest absolute Gasteiger partial charge is 0.210 e. The first-order chi connectivity index (χ1) is 4.93. The number of imidazole rings is 1. The van der Waals surface area contributed by atoms with Gasteiger partial charge < -0.3 is 15.5 Å². The summed E-state index contributed by atoms with van der Waals surface area (Å²) < 4.78 is 5.19. The van der Waals surface area contributed by atoms with Crippen molar-refractivity contribution in [1.29, 1.82) is 0 Å². The molecule has 0 spiro atoms. The number of H-pyrrole nitrogens is 1. The second-order valence-electron chi connectivity index (χ2n) is 1.91. The zero-order valence-corrected chi connectivity index (χ0v) is 5.71. The maximum Gasteiger partial charge on any atom is 0.210 e. The molecule has 1 aromatic rings. The SMILES string of the molecule is NCCCOc1cnc[nH]1. The van der Waals surface area contributed by atoms with Crippen molar-refractivity contribution in [2.24, 2.45) is 5.73 Å². The molecule has 1 aromatic heterocycles. The fraction of sp³-hybridized carbons (Fsp3) is 0.500. The molecule has 4 nitrogen and oxygen atoms in total. The molecule has 1 rings (SSSR count). The molecule has 4 heteroatoms. The molecule has 1 heterocycles. The van der Waals surface area contributed by atoms with Crippen LogP contribution in [0.5, 0.6) is 5.88 Å². The molecule has 3 N–H and O–H groups in total. The maximum atomic E-state index is 5.26. The predicted molar refractivity (Wildman–Crippen MR) is 37.8 cm³/mol. The lowest BCUT2D eigenvalue weighted by Crippen LogP contribution is -2.05. The fourth-order valence-corrected chi connectivity index (χ4v) is 0.588. The van der Waals surface area contributed by atoms with Crippen molar-refractivity contribution in [1.82, 2.24) is 9.97 Å². The van der Waals surface area contributed by atoms with Crippen LogP contribution in [0.4, 0.5) is 0 Å². The van der Waals surface area contributed by atoms with Gasteiger partial charge in [0.05, 0.1) is 19.1 Å². The highest BCUT2D eigenvalue weighted by Gasteiger charge is 1.90. The van der Waals surface area contributed by atoms with Gasteiger partial charge in [-0.3, -0.25) is 0 Å². The highest BCUT2D eigenvalue weighted by molar-refractivity contribution is 5.00. The number of nitrogens with one attached hydrogen (secondary N) is 1. The molecule has 0 atom stereocenters. The van der Waals surface area contributed by atoms with Crippen LogP contribution >= 0.6 is 0 Å². The van der Waals surface area contributed by atoms with E-state index in [1.54, 1.807) is 12.5 Å². The van der Waals surface area contributed by atoms with Crippen molar-refractivity contribution in [3.05, 3.63) is 12.5 Å².